The molecule has 0 bridgehead atoms. The maximum atomic E-state index is 12.3. The Morgan fingerprint density at radius 3 is 2.65 bits per heavy atom. The Hall–Kier alpha value is -1.52. The molecule has 0 heterocycles. The van der Waals surface area contributed by atoms with Gasteiger partial charge in [0.2, 0.25) is 0 Å². The first-order chi connectivity index (χ1) is 9.40. The molecule has 0 saturated heterocycles. The summed E-state index contributed by atoms with van der Waals surface area (Å²) in [7, 11) is 0. The summed E-state index contributed by atoms with van der Waals surface area (Å²) < 4.78 is 0.793. The van der Waals surface area contributed by atoms with Gasteiger partial charge in [-0.25, -0.2) is 0 Å². The largest absolute Gasteiger partial charge is 0.397 e. The third kappa shape index (κ3) is 2.97. The fraction of sp³-hybridized carbons (Fsp3) is 0.133. The summed E-state index contributed by atoms with van der Waals surface area (Å²) in [6, 6.07) is 8.84. The Labute approximate surface area is 131 Å². The van der Waals surface area contributed by atoms with Crippen LogP contribution in [0.3, 0.4) is 0 Å². The molecule has 0 fully saturated rings. The minimum Gasteiger partial charge on any atom is -0.397 e. The van der Waals surface area contributed by atoms with Crippen LogP contribution >= 0.6 is 27.5 Å². The zero-order valence-electron chi connectivity index (χ0n) is 11.1. The van der Waals surface area contributed by atoms with E-state index in [1.54, 1.807) is 24.3 Å². The zero-order chi connectivity index (χ0) is 14.9. The lowest BCUT2D eigenvalue weighted by Gasteiger charge is -2.14. The van der Waals surface area contributed by atoms with Gasteiger partial charge in [-0.2, -0.15) is 0 Å². The molecule has 3 nitrogen and oxygen atoms in total. The van der Waals surface area contributed by atoms with E-state index in [1.807, 2.05) is 19.9 Å². The number of hydrogen-bond acceptors (Lipinski definition) is 2. The van der Waals surface area contributed by atoms with E-state index in [4.69, 9.17) is 17.3 Å². The number of nitrogen functional groups attached to an aromatic ring is 1. The molecule has 104 valence electrons. The van der Waals surface area contributed by atoms with Crippen LogP contribution < -0.4 is 11.1 Å². The Morgan fingerprint density at radius 1 is 1.25 bits per heavy atom. The van der Waals surface area contributed by atoms with Crippen molar-refractivity contribution in [2.75, 3.05) is 11.1 Å². The summed E-state index contributed by atoms with van der Waals surface area (Å²) in [6.45, 7) is 3.89. The second-order valence-electron chi connectivity index (χ2n) is 4.55. The van der Waals surface area contributed by atoms with Gasteiger partial charge in [0.15, 0.2) is 0 Å². The maximum absolute atomic E-state index is 12.3. The van der Waals surface area contributed by atoms with Gasteiger partial charge in [0.25, 0.3) is 5.91 Å². The van der Waals surface area contributed by atoms with E-state index in [2.05, 4.69) is 21.2 Å². The fourth-order valence-electron chi connectivity index (χ4n) is 1.86. The van der Waals surface area contributed by atoms with E-state index in [1.165, 1.54) is 0 Å². The number of halogens is 2. The molecule has 0 aliphatic carbocycles. The predicted molar refractivity (Wildman–Crippen MR) is 87.4 cm³/mol. The number of hydrogen-bond donors (Lipinski definition) is 2. The van der Waals surface area contributed by atoms with Crippen molar-refractivity contribution in [3.63, 3.8) is 0 Å². The van der Waals surface area contributed by atoms with E-state index >= 15 is 0 Å². The van der Waals surface area contributed by atoms with E-state index in [9.17, 15) is 4.79 Å². The van der Waals surface area contributed by atoms with E-state index < -0.39 is 0 Å². The average Bonchev–Trinajstić information content (AvgIpc) is 2.41. The molecule has 0 saturated carbocycles. The van der Waals surface area contributed by atoms with Crippen molar-refractivity contribution in [3.05, 3.63) is 56.5 Å². The Balaban J connectivity index is 2.38. The van der Waals surface area contributed by atoms with Crippen LogP contribution in [-0.2, 0) is 0 Å². The molecule has 0 aliphatic rings. The average molecular weight is 354 g/mol. The van der Waals surface area contributed by atoms with Crippen LogP contribution in [0.5, 0.6) is 0 Å². The lowest BCUT2D eigenvalue weighted by molar-refractivity contribution is 0.102. The van der Waals surface area contributed by atoms with Crippen molar-refractivity contribution in [3.8, 4) is 0 Å². The van der Waals surface area contributed by atoms with Gasteiger partial charge < -0.3 is 11.1 Å². The number of amides is 1. The van der Waals surface area contributed by atoms with Gasteiger partial charge >= 0.3 is 0 Å². The number of aryl methyl sites for hydroxylation is 1. The minimum atomic E-state index is -0.281. The van der Waals surface area contributed by atoms with Gasteiger partial charge in [-0.15, -0.1) is 0 Å². The molecule has 2 rings (SSSR count). The normalized spacial score (nSPS) is 10.4. The monoisotopic (exact) mass is 352 g/mol. The van der Waals surface area contributed by atoms with Gasteiger partial charge in [0, 0.05) is 4.47 Å². The fourth-order valence-corrected chi connectivity index (χ4v) is 2.42. The lowest BCUT2D eigenvalue weighted by Crippen LogP contribution is -2.15. The van der Waals surface area contributed by atoms with Crippen LogP contribution in [0.4, 0.5) is 11.4 Å². The Bertz CT molecular complexity index is 686. The number of rotatable bonds is 2. The summed E-state index contributed by atoms with van der Waals surface area (Å²) in [4.78, 5) is 12.3. The van der Waals surface area contributed by atoms with Crippen molar-refractivity contribution in [1.82, 2.24) is 0 Å². The zero-order valence-corrected chi connectivity index (χ0v) is 13.5. The summed E-state index contributed by atoms with van der Waals surface area (Å²) >= 11 is 9.38. The highest BCUT2D eigenvalue weighted by Gasteiger charge is 2.14. The second kappa shape index (κ2) is 5.85. The molecule has 0 atom stereocenters. The Morgan fingerprint density at radius 2 is 1.95 bits per heavy atom. The van der Waals surface area contributed by atoms with Crippen LogP contribution in [0.1, 0.15) is 21.5 Å². The maximum Gasteiger partial charge on any atom is 0.257 e. The molecular formula is C15H14BrClN2O. The number of anilines is 2. The molecule has 0 radical (unpaired) electrons. The van der Waals surface area contributed by atoms with Crippen LogP contribution in [-0.4, -0.2) is 5.91 Å². The van der Waals surface area contributed by atoms with Crippen molar-refractivity contribution < 1.29 is 4.79 Å². The molecule has 2 aromatic carbocycles. The van der Waals surface area contributed by atoms with Gasteiger partial charge in [0.05, 0.1) is 22.0 Å². The smallest absolute Gasteiger partial charge is 0.257 e. The standard InChI is InChI=1S/C15H14BrClN2O/c1-8-3-6-13(18)14(9(8)2)19-15(20)11-7-10(16)4-5-12(11)17/h3-7H,18H2,1-2H3,(H,19,20). The summed E-state index contributed by atoms with van der Waals surface area (Å²) in [6.07, 6.45) is 0. The highest BCUT2D eigenvalue weighted by Crippen LogP contribution is 2.28. The number of benzene rings is 2. The molecule has 2 aromatic rings. The topological polar surface area (TPSA) is 55.1 Å². The van der Waals surface area contributed by atoms with Crippen molar-refractivity contribution in [1.29, 1.82) is 0 Å². The minimum absolute atomic E-state index is 0.281. The van der Waals surface area contributed by atoms with E-state index in [-0.39, 0.29) is 5.91 Å². The van der Waals surface area contributed by atoms with Gasteiger partial charge in [-0.3, -0.25) is 4.79 Å². The number of nitrogens with one attached hydrogen (secondary N) is 1. The lowest BCUT2D eigenvalue weighted by atomic mass is 10.1. The first-order valence-corrected chi connectivity index (χ1v) is 7.19. The predicted octanol–water partition coefficient (Wildman–Crippen LogP) is 4.55. The molecule has 0 aromatic heterocycles. The van der Waals surface area contributed by atoms with Gasteiger partial charge in [-0.1, -0.05) is 33.6 Å². The third-order valence-corrected chi connectivity index (χ3v) is 4.00. The summed E-state index contributed by atoms with van der Waals surface area (Å²) in [5.74, 6) is -0.281. The number of nitrogens with two attached hydrogens (primary N) is 1. The van der Waals surface area contributed by atoms with Crippen LogP contribution in [0.15, 0.2) is 34.8 Å². The van der Waals surface area contributed by atoms with E-state index in [0.29, 0.717) is 22.0 Å². The molecule has 20 heavy (non-hydrogen) atoms. The molecule has 5 heteroatoms. The number of carbonyl (C=O) groups excluding carboxylic acids is 1. The van der Waals surface area contributed by atoms with Crippen LogP contribution in [0.2, 0.25) is 5.02 Å². The molecular weight excluding hydrogens is 340 g/mol. The SMILES string of the molecule is Cc1ccc(N)c(NC(=O)c2cc(Br)ccc2Cl)c1C. The third-order valence-electron chi connectivity index (χ3n) is 3.18. The van der Waals surface area contributed by atoms with Crippen molar-refractivity contribution >= 4 is 44.8 Å². The number of carbonyl (C=O) groups is 1. The van der Waals surface area contributed by atoms with Gasteiger partial charge in [0.1, 0.15) is 0 Å². The Kier molecular flexibility index (Phi) is 4.35. The van der Waals surface area contributed by atoms with Crippen molar-refractivity contribution in [2.45, 2.75) is 13.8 Å². The molecule has 1 amide bonds. The highest BCUT2D eigenvalue weighted by atomic mass is 79.9. The van der Waals surface area contributed by atoms with E-state index in [0.717, 1.165) is 15.6 Å². The summed E-state index contributed by atoms with van der Waals surface area (Å²) in [5.41, 5.74) is 9.51. The van der Waals surface area contributed by atoms with Crippen LogP contribution in [0, 0.1) is 13.8 Å². The second-order valence-corrected chi connectivity index (χ2v) is 5.87. The van der Waals surface area contributed by atoms with Crippen LogP contribution in [0.25, 0.3) is 0 Å². The molecule has 3 N–H and O–H groups in total. The van der Waals surface area contributed by atoms with Crippen molar-refractivity contribution in [2.24, 2.45) is 0 Å². The molecule has 0 unspecified atom stereocenters. The summed E-state index contributed by atoms with van der Waals surface area (Å²) in [5, 5.41) is 3.23. The van der Waals surface area contributed by atoms with Gasteiger partial charge in [-0.05, 0) is 49.2 Å². The highest BCUT2D eigenvalue weighted by molar-refractivity contribution is 9.10. The quantitative estimate of drug-likeness (QED) is 0.778. The first kappa shape index (κ1) is 14.9. The molecule has 0 spiro atoms. The molecule has 0 aliphatic heterocycles. The first-order valence-electron chi connectivity index (χ1n) is 6.02.